The number of thioether (sulfide) groups is 1. The van der Waals surface area contributed by atoms with Crippen molar-refractivity contribution in [2.75, 3.05) is 11.9 Å². The number of benzene rings is 2. The van der Waals surface area contributed by atoms with E-state index in [-0.39, 0.29) is 11.2 Å². The lowest BCUT2D eigenvalue weighted by atomic mass is 10.3. The number of nitrogens with one attached hydrogen (secondary N) is 1. The fourth-order valence-corrected chi connectivity index (χ4v) is 3.17. The first kappa shape index (κ1) is 14.7. The Labute approximate surface area is 133 Å². The number of H-pyrrole nitrogens is 1. The summed E-state index contributed by atoms with van der Waals surface area (Å²) in [5.41, 5.74) is 2.80. The molecule has 3 aromatic rings. The van der Waals surface area contributed by atoms with E-state index in [9.17, 15) is 4.79 Å². The molecule has 0 fully saturated rings. The molecule has 0 bridgehead atoms. The molecule has 0 radical (unpaired) electrons. The standard InChI is InChI=1S/C17H17N3OS/c1-12(16(21)20(2)13-8-4-3-5-9-13)22-17-18-14-10-6-7-11-15(14)19-17/h3-12H,1-2H3,(H,18,19)/t12-/m0/s1. The Hall–Kier alpha value is -2.27. The maximum absolute atomic E-state index is 12.5. The topological polar surface area (TPSA) is 49.0 Å². The van der Waals surface area contributed by atoms with Gasteiger partial charge in [-0.15, -0.1) is 0 Å². The largest absolute Gasteiger partial charge is 0.333 e. The van der Waals surface area contributed by atoms with Gasteiger partial charge in [0.05, 0.1) is 16.3 Å². The van der Waals surface area contributed by atoms with Crippen LogP contribution >= 0.6 is 11.8 Å². The minimum Gasteiger partial charge on any atom is -0.333 e. The number of fused-ring (bicyclic) bond motifs is 1. The van der Waals surface area contributed by atoms with Crippen LogP contribution in [0.2, 0.25) is 0 Å². The van der Waals surface area contributed by atoms with E-state index in [0.717, 1.165) is 21.9 Å². The number of nitrogens with zero attached hydrogens (tertiary/aromatic N) is 2. The first-order chi connectivity index (χ1) is 10.6. The molecule has 1 N–H and O–H groups in total. The molecule has 4 nitrogen and oxygen atoms in total. The Morgan fingerprint density at radius 1 is 1.14 bits per heavy atom. The summed E-state index contributed by atoms with van der Waals surface area (Å²) in [6.07, 6.45) is 0. The molecule has 1 heterocycles. The van der Waals surface area contributed by atoms with E-state index in [1.807, 2.05) is 61.5 Å². The highest BCUT2D eigenvalue weighted by Crippen LogP contribution is 2.25. The molecule has 0 aliphatic heterocycles. The second-order valence-corrected chi connectivity index (χ2v) is 6.38. The van der Waals surface area contributed by atoms with Gasteiger partial charge in [0.1, 0.15) is 0 Å². The number of amides is 1. The van der Waals surface area contributed by atoms with Gasteiger partial charge in [-0.25, -0.2) is 4.98 Å². The summed E-state index contributed by atoms with van der Waals surface area (Å²) in [6, 6.07) is 17.5. The van der Waals surface area contributed by atoms with Gasteiger partial charge in [0, 0.05) is 12.7 Å². The predicted molar refractivity (Wildman–Crippen MR) is 91.3 cm³/mol. The highest BCUT2D eigenvalue weighted by atomic mass is 32.2. The molecule has 0 spiro atoms. The molecule has 0 aliphatic rings. The minimum atomic E-state index is -0.217. The summed E-state index contributed by atoms with van der Waals surface area (Å²) >= 11 is 1.44. The van der Waals surface area contributed by atoms with E-state index in [1.54, 1.807) is 11.9 Å². The van der Waals surface area contributed by atoms with Crippen molar-refractivity contribution in [2.45, 2.75) is 17.3 Å². The van der Waals surface area contributed by atoms with Crippen LogP contribution < -0.4 is 4.90 Å². The van der Waals surface area contributed by atoms with Crippen molar-refractivity contribution in [3.8, 4) is 0 Å². The van der Waals surface area contributed by atoms with Gasteiger partial charge in [0.25, 0.3) is 0 Å². The molecule has 112 valence electrons. The van der Waals surface area contributed by atoms with Crippen molar-refractivity contribution in [1.29, 1.82) is 0 Å². The van der Waals surface area contributed by atoms with Gasteiger partial charge in [-0.05, 0) is 31.2 Å². The number of anilines is 1. The summed E-state index contributed by atoms with van der Waals surface area (Å²) < 4.78 is 0. The van der Waals surface area contributed by atoms with Crippen LogP contribution in [0.15, 0.2) is 59.8 Å². The Morgan fingerprint density at radius 3 is 2.55 bits per heavy atom. The Balaban J connectivity index is 1.73. The van der Waals surface area contributed by atoms with Crippen LogP contribution in [0.4, 0.5) is 5.69 Å². The minimum absolute atomic E-state index is 0.0525. The molecule has 1 aromatic heterocycles. The van der Waals surface area contributed by atoms with E-state index in [1.165, 1.54) is 11.8 Å². The second-order valence-electron chi connectivity index (χ2n) is 5.05. The zero-order valence-corrected chi connectivity index (χ0v) is 13.3. The summed E-state index contributed by atoms with van der Waals surface area (Å²) in [4.78, 5) is 22.0. The predicted octanol–water partition coefficient (Wildman–Crippen LogP) is 3.71. The Bertz CT molecular complexity index is 752. The van der Waals surface area contributed by atoms with Crippen LogP contribution in [0, 0.1) is 0 Å². The molecule has 5 heteroatoms. The monoisotopic (exact) mass is 311 g/mol. The van der Waals surface area contributed by atoms with Crippen molar-refractivity contribution in [3.05, 3.63) is 54.6 Å². The number of carbonyl (C=O) groups is 1. The highest BCUT2D eigenvalue weighted by molar-refractivity contribution is 8.00. The molecule has 22 heavy (non-hydrogen) atoms. The molecule has 2 aromatic carbocycles. The van der Waals surface area contributed by atoms with Crippen LogP contribution in [0.1, 0.15) is 6.92 Å². The first-order valence-corrected chi connectivity index (χ1v) is 7.97. The lowest BCUT2D eigenvalue weighted by Crippen LogP contribution is -2.33. The van der Waals surface area contributed by atoms with E-state index in [4.69, 9.17) is 0 Å². The molecular formula is C17H17N3OS. The lowest BCUT2D eigenvalue weighted by Gasteiger charge is -2.20. The smallest absolute Gasteiger partial charge is 0.240 e. The van der Waals surface area contributed by atoms with Crippen molar-refractivity contribution in [3.63, 3.8) is 0 Å². The number of carbonyl (C=O) groups excluding carboxylic acids is 1. The van der Waals surface area contributed by atoms with Crippen LogP contribution in [0.3, 0.4) is 0 Å². The van der Waals surface area contributed by atoms with Gasteiger partial charge in [-0.2, -0.15) is 0 Å². The molecule has 3 rings (SSSR count). The van der Waals surface area contributed by atoms with Crippen LogP contribution in [0.5, 0.6) is 0 Å². The average molecular weight is 311 g/mol. The normalized spacial score (nSPS) is 12.3. The summed E-state index contributed by atoms with van der Waals surface area (Å²) in [6.45, 7) is 1.90. The quantitative estimate of drug-likeness (QED) is 0.747. The maximum atomic E-state index is 12.5. The van der Waals surface area contributed by atoms with Crippen LogP contribution in [-0.2, 0) is 4.79 Å². The fraction of sp³-hybridized carbons (Fsp3) is 0.176. The van der Waals surface area contributed by atoms with Gasteiger partial charge < -0.3 is 9.88 Å². The van der Waals surface area contributed by atoms with Crippen molar-refractivity contribution in [1.82, 2.24) is 9.97 Å². The van der Waals surface area contributed by atoms with Crippen molar-refractivity contribution < 1.29 is 4.79 Å². The van der Waals surface area contributed by atoms with Gasteiger partial charge in [-0.1, -0.05) is 42.1 Å². The molecule has 1 atom stereocenters. The molecule has 0 unspecified atom stereocenters. The molecule has 1 amide bonds. The zero-order chi connectivity index (χ0) is 15.5. The summed E-state index contributed by atoms with van der Waals surface area (Å²) in [5, 5.41) is 0.550. The molecule has 0 saturated carbocycles. The fourth-order valence-electron chi connectivity index (χ4n) is 2.25. The van der Waals surface area contributed by atoms with Gasteiger partial charge >= 0.3 is 0 Å². The molecule has 0 saturated heterocycles. The van der Waals surface area contributed by atoms with E-state index >= 15 is 0 Å². The third kappa shape index (κ3) is 2.99. The SMILES string of the molecule is C[C@H](Sc1nc2ccccc2[nH]1)C(=O)N(C)c1ccccc1. The zero-order valence-electron chi connectivity index (χ0n) is 12.5. The number of hydrogen-bond acceptors (Lipinski definition) is 3. The second kappa shape index (κ2) is 6.23. The van der Waals surface area contributed by atoms with Gasteiger partial charge in [0.2, 0.25) is 5.91 Å². The number of para-hydroxylation sites is 3. The third-order valence-electron chi connectivity index (χ3n) is 3.48. The maximum Gasteiger partial charge on any atom is 0.240 e. The van der Waals surface area contributed by atoms with E-state index in [2.05, 4.69) is 9.97 Å². The number of imidazole rings is 1. The first-order valence-electron chi connectivity index (χ1n) is 7.09. The number of hydrogen-bond donors (Lipinski definition) is 1. The third-order valence-corrected chi connectivity index (χ3v) is 4.45. The van der Waals surface area contributed by atoms with Crippen molar-refractivity contribution >= 4 is 34.4 Å². The molecule has 0 aliphatic carbocycles. The van der Waals surface area contributed by atoms with Crippen molar-refractivity contribution in [2.24, 2.45) is 0 Å². The Morgan fingerprint density at radius 2 is 1.82 bits per heavy atom. The van der Waals surface area contributed by atoms with Gasteiger partial charge in [-0.3, -0.25) is 4.79 Å². The van der Waals surface area contributed by atoms with Gasteiger partial charge in [0.15, 0.2) is 5.16 Å². The Kier molecular flexibility index (Phi) is 4.15. The summed E-state index contributed by atoms with van der Waals surface area (Å²) in [7, 11) is 1.80. The number of rotatable bonds is 4. The number of aromatic amines is 1. The molecular weight excluding hydrogens is 294 g/mol. The highest BCUT2D eigenvalue weighted by Gasteiger charge is 2.21. The number of aromatic nitrogens is 2. The van der Waals surface area contributed by atoms with Crippen LogP contribution in [-0.4, -0.2) is 28.2 Å². The lowest BCUT2D eigenvalue weighted by molar-refractivity contribution is -0.117. The summed E-state index contributed by atoms with van der Waals surface area (Å²) in [5.74, 6) is 0.0525. The van der Waals surface area contributed by atoms with E-state index < -0.39 is 0 Å². The van der Waals surface area contributed by atoms with Crippen LogP contribution in [0.25, 0.3) is 11.0 Å². The average Bonchev–Trinajstić information content (AvgIpc) is 2.96. The van der Waals surface area contributed by atoms with E-state index in [0.29, 0.717) is 0 Å².